The summed E-state index contributed by atoms with van der Waals surface area (Å²) in [4.78, 5) is 17.7. The molecule has 8 nitrogen and oxygen atoms in total. The highest BCUT2D eigenvalue weighted by Gasteiger charge is 2.22. The van der Waals surface area contributed by atoms with Gasteiger partial charge in [-0.05, 0) is 13.8 Å². The molecule has 0 spiro atoms. The molecule has 0 amide bonds. The largest absolute Gasteiger partial charge is 0.394 e. The van der Waals surface area contributed by atoms with E-state index in [-0.39, 0.29) is 35.8 Å². The van der Waals surface area contributed by atoms with E-state index < -0.39 is 4.92 Å². The summed E-state index contributed by atoms with van der Waals surface area (Å²) in [5.41, 5.74) is 5.36. The lowest BCUT2D eigenvalue weighted by molar-refractivity contribution is -0.385. The standard InChI is InChI=1S/C8H13N5O3/c1-4(3-14)10-7-6(13(15)16)5(2)11-8(9)12-7/h4,14H,3H2,1-2H3,(H3,9,10,11,12). The maximum absolute atomic E-state index is 10.8. The number of aromatic nitrogens is 2. The zero-order valence-electron chi connectivity index (χ0n) is 8.97. The number of nitrogens with zero attached hydrogens (tertiary/aromatic N) is 3. The molecule has 88 valence electrons. The van der Waals surface area contributed by atoms with Crippen LogP contribution < -0.4 is 11.1 Å². The van der Waals surface area contributed by atoms with Crippen LogP contribution in [0.5, 0.6) is 0 Å². The fourth-order valence-electron chi connectivity index (χ4n) is 1.19. The lowest BCUT2D eigenvalue weighted by Crippen LogP contribution is -2.21. The molecule has 0 aliphatic rings. The normalized spacial score (nSPS) is 12.2. The number of nitrogen functional groups attached to an aromatic ring is 1. The van der Waals surface area contributed by atoms with Crippen LogP contribution in [0.3, 0.4) is 0 Å². The summed E-state index contributed by atoms with van der Waals surface area (Å²) in [5.74, 6) is -0.0210. The van der Waals surface area contributed by atoms with Crippen molar-refractivity contribution >= 4 is 17.5 Å². The molecule has 1 rings (SSSR count). The molecule has 16 heavy (non-hydrogen) atoms. The Morgan fingerprint density at radius 1 is 1.62 bits per heavy atom. The Labute approximate surface area is 91.7 Å². The van der Waals surface area contributed by atoms with E-state index in [0.717, 1.165) is 0 Å². The molecule has 1 aromatic rings. The van der Waals surface area contributed by atoms with E-state index in [1.807, 2.05) is 0 Å². The van der Waals surface area contributed by atoms with Crippen molar-refractivity contribution in [1.29, 1.82) is 0 Å². The van der Waals surface area contributed by atoms with Gasteiger partial charge in [-0.2, -0.15) is 4.98 Å². The van der Waals surface area contributed by atoms with Crippen molar-refractivity contribution < 1.29 is 10.0 Å². The molecule has 0 aromatic carbocycles. The Morgan fingerprint density at radius 2 is 2.25 bits per heavy atom. The molecule has 1 aromatic heterocycles. The van der Waals surface area contributed by atoms with Gasteiger partial charge in [-0.15, -0.1) is 0 Å². The average Bonchev–Trinajstić information content (AvgIpc) is 2.15. The first-order chi connectivity index (χ1) is 7.45. The van der Waals surface area contributed by atoms with Crippen LogP contribution in [0.1, 0.15) is 12.6 Å². The summed E-state index contributed by atoms with van der Waals surface area (Å²) in [6.45, 7) is 2.97. The Balaban J connectivity index is 3.19. The van der Waals surface area contributed by atoms with Crippen LogP contribution in [-0.4, -0.2) is 32.6 Å². The first-order valence-corrected chi connectivity index (χ1v) is 4.61. The predicted molar refractivity (Wildman–Crippen MR) is 58.0 cm³/mol. The van der Waals surface area contributed by atoms with E-state index in [0.29, 0.717) is 0 Å². The Bertz CT molecular complexity index is 409. The van der Waals surface area contributed by atoms with E-state index >= 15 is 0 Å². The minimum Gasteiger partial charge on any atom is -0.394 e. The van der Waals surface area contributed by atoms with Crippen molar-refractivity contribution in [3.63, 3.8) is 0 Å². The number of rotatable bonds is 4. The molecule has 8 heteroatoms. The number of hydrogen-bond acceptors (Lipinski definition) is 7. The van der Waals surface area contributed by atoms with Crippen molar-refractivity contribution in [3.8, 4) is 0 Å². The number of anilines is 2. The van der Waals surface area contributed by atoms with Crippen LogP contribution in [0, 0.1) is 17.0 Å². The van der Waals surface area contributed by atoms with Crippen molar-refractivity contribution in [2.75, 3.05) is 17.7 Å². The predicted octanol–water partition coefficient (Wildman–Crippen LogP) is 0.0681. The van der Waals surface area contributed by atoms with Gasteiger partial charge in [-0.1, -0.05) is 0 Å². The summed E-state index contributed by atoms with van der Waals surface area (Å²) in [5, 5.41) is 22.4. The van der Waals surface area contributed by atoms with Gasteiger partial charge in [0.05, 0.1) is 11.5 Å². The van der Waals surface area contributed by atoms with E-state index in [9.17, 15) is 10.1 Å². The summed E-state index contributed by atoms with van der Waals surface area (Å²) in [6.07, 6.45) is 0. The third-order valence-corrected chi connectivity index (χ3v) is 1.92. The van der Waals surface area contributed by atoms with E-state index in [4.69, 9.17) is 10.8 Å². The van der Waals surface area contributed by atoms with E-state index in [1.54, 1.807) is 6.92 Å². The van der Waals surface area contributed by atoms with Gasteiger partial charge >= 0.3 is 5.69 Å². The van der Waals surface area contributed by atoms with Crippen LogP contribution in [0.4, 0.5) is 17.5 Å². The van der Waals surface area contributed by atoms with Gasteiger partial charge in [-0.25, -0.2) is 4.98 Å². The first-order valence-electron chi connectivity index (χ1n) is 4.61. The number of nitrogens with one attached hydrogen (secondary N) is 1. The van der Waals surface area contributed by atoms with E-state index in [2.05, 4.69) is 15.3 Å². The van der Waals surface area contributed by atoms with Crippen LogP contribution in [-0.2, 0) is 0 Å². The molecule has 1 heterocycles. The average molecular weight is 227 g/mol. The highest BCUT2D eigenvalue weighted by Crippen LogP contribution is 2.26. The second kappa shape index (κ2) is 4.71. The van der Waals surface area contributed by atoms with Gasteiger partial charge < -0.3 is 16.2 Å². The topological polar surface area (TPSA) is 127 Å². The maximum Gasteiger partial charge on any atom is 0.332 e. The number of nitrogens with two attached hydrogens (primary N) is 1. The Morgan fingerprint density at radius 3 is 2.75 bits per heavy atom. The monoisotopic (exact) mass is 227 g/mol. The quantitative estimate of drug-likeness (QED) is 0.490. The lowest BCUT2D eigenvalue weighted by atomic mass is 10.3. The molecule has 1 unspecified atom stereocenters. The van der Waals surface area contributed by atoms with Crippen molar-refractivity contribution in [2.45, 2.75) is 19.9 Å². The molecular weight excluding hydrogens is 214 g/mol. The molecular formula is C8H13N5O3. The van der Waals surface area contributed by atoms with Gasteiger partial charge in [0.2, 0.25) is 11.8 Å². The van der Waals surface area contributed by atoms with Gasteiger partial charge in [0.25, 0.3) is 0 Å². The highest BCUT2D eigenvalue weighted by atomic mass is 16.6. The minimum atomic E-state index is -0.582. The Kier molecular flexibility index (Phi) is 3.56. The van der Waals surface area contributed by atoms with Crippen molar-refractivity contribution in [2.24, 2.45) is 0 Å². The fourth-order valence-corrected chi connectivity index (χ4v) is 1.19. The maximum atomic E-state index is 10.8. The highest BCUT2D eigenvalue weighted by molar-refractivity contribution is 5.60. The molecule has 0 radical (unpaired) electrons. The second-order valence-electron chi connectivity index (χ2n) is 3.35. The van der Waals surface area contributed by atoms with E-state index in [1.165, 1.54) is 6.92 Å². The summed E-state index contributed by atoms with van der Waals surface area (Å²) in [6, 6.07) is -0.354. The van der Waals surface area contributed by atoms with Gasteiger partial charge in [0, 0.05) is 6.04 Å². The number of nitro groups is 1. The van der Waals surface area contributed by atoms with Crippen LogP contribution in [0.25, 0.3) is 0 Å². The van der Waals surface area contributed by atoms with Gasteiger partial charge in [0.15, 0.2) is 0 Å². The molecule has 1 atom stereocenters. The zero-order valence-corrected chi connectivity index (χ0v) is 8.97. The van der Waals surface area contributed by atoms with Crippen molar-refractivity contribution in [3.05, 3.63) is 15.8 Å². The molecule has 0 saturated heterocycles. The first kappa shape index (κ1) is 12.1. The van der Waals surface area contributed by atoms with Gasteiger partial charge in [-0.3, -0.25) is 10.1 Å². The number of hydrogen-bond donors (Lipinski definition) is 3. The summed E-state index contributed by atoms with van der Waals surface area (Å²) >= 11 is 0. The summed E-state index contributed by atoms with van der Waals surface area (Å²) in [7, 11) is 0. The number of aryl methyl sites for hydroxylation is 1. The summed E-state index contributed by atoms with van der Waals surface area (Å²) < 4.78 is 0. The SMILES string of the molecule is Cc1nc(N)nc(NC(C)CO)c1[N+](=O)[O-]. The fraction of sp³-hybridized carbons (Fsp3) is 0.500. The molecule has 0 saturated carbocycles. The van der Waals surface area contributed by atoms with Gasteiger partial charge in [0.1, 0.15) is 5.69 Å². The molecule has 0 aliphatic heterocycles. The third-order valence-electron chi connectivity index (χ3n) is 1.92. The smallest absolute Gasteiger partial charge is 0.332 e. The number of aliphatic hydroxyl groups excluding tert-OH is 1. The molecule has 0 aliphatic carbocycles. The molecule has 4 N–H and O–H groups in total. The van der Waals surface area contributed by atoms with Crippen molar-refractivity contribution in [1.82, 2.24) is 9.97 Å². The third kappa shape index (κ3) is 2.54. The second-order valence-corrected chi connectivity index (χ2v) is 3.35. The minimum absolute atomic E-state index is 0.0246. The van der Waals surface area contributed by atoms with Crippen LogP contribution in [0.2, 0.25) is 0 Å². The van der Waals surface area contributed by atoms with Crippen LogP contribution >= 0.6 is 0 Å². The number of aliphatic hydroxyl groups is 1. The zero-order chi connectivity index (χ0) is 12.3. The Hall–Kier alpha value is -1.96. The molecule has 0 fully saturated rings. The molecule has 0 bridgehead atoms. The van der Waals surface area contributed by atoms with Crippen LogP contribution in [0.15, 0.2) is 0 Å². The lowest BCUT2D eigenvalue weighted by Gasteiger charge is -2.12.